The van der Waals surface area contributed by atoms with Gasteiger partial charge in [-0.15, -0.1) is 0 Å². The minimum absolute atomic E-state index is 0.498. The number of hydrogen-bond donors (Lipinski definition) is 1. The van der Waals surface area contributed by atoms with Crippen molar-refractivity contribution in [3.8, 4) is 11.8 Å². The van der Waals surface area contributed by atoms with Crippen LogP contribution >= 0.6 is 0 Å². The Morgan fingerprint density at radius 1 is 1.00 bits per heavy atom. The van der Waals surface area contributed by atoms with Gasteiger partial charge in [0.1, 0.15) is 12.4 Å². The van der Waals surface area contributed by atoms with Crippen LogP contribution < -0.4 is 4.74 Å². The molecule has 2 aliphatic carbocycles. The molecule has 3 aromatic rings. The number of nitriles is 1. The number of aromatic amines is 1. The first-order chi connectivity index (χ1) is 13.8. The average molecular weight is 370 g/mol. The molecular formula is C25H26N2O. The number of ether oxygens (including phenoxy) is 1. The van der Waals surface area contributed by atoms with Gasteiger partial charge in [0.2, 0.25) is 0 Å². The van der Waals surface area contributed by atoms with Crippen LogP contribution in [0.1, 0.15) is 72.4 Å². The molecule has 28 heavy (non-hydrogen) atoms. The molecular weight excluding hydrogens is 344 g/mol. The SMILES string of the molecule is N#Cc1cc(COc2ccc3[nH]c4c(c3c2)CCC4)ccc1C1CCCCC1. The Balaban J connectivity index is 1.34. The quantitative estimate of drug-likeness (QED) is 0.598. The maximum Gasteiger partial charge on any atom is 0.120 e. The van der Waals surface area contributed by atoms with E-state index >= 15 is 0 Å². The molecule has 1 aromatic heterocycles. The Bertz CT molecular complexity index is 1050. The van der Waals surface area contributed by atoms with Gasteiger partial charge in [-0.3, -0.25) is 0 Å². The largest absolute Gasteiger partial charge is 0.489 e. The van der Waals surface area contributed by atoms with Crippen LogP contribution in [0.5, 0.6) is 5.75 Å². The molecule has 0 saturated heterocycles. The number of fused-ring (bicyclic) bond motifs is 3. The van der Waals surface area contributed by atoms with Crippen LogP contribution in [0.25, 0.3) is 10.9 Å². The maximum atomic E-state index is 9.65. The van der Waals surface area contributed by atoms with Gasteiger partial charge in [-0.1, -0.05) is 31.4 Å². The van der Waals surface area contributed by atoms with Crippen molar-refractivity contribution in [3.05, 3.63) is 64.3 Å². The number of benzene rings is 2. The van der Waals surface area contributed by atoms with E-state index in [4.69, 9.17) is 4.74 Å². The summed E-state index contributed by atoms with van der Waals surface area (Å²) < 4.78 is 6.09. The van der Waals surface area contributed by atoms with Gasteiger partial charge in [-0.2, -0.15) is 5.26 Å². The topological polar surface area (TPSA) is 48.8 Å². The molecule has 0 atom stereocenters. The van der Waals surface area contributed by atoms with E-state index in [1.165, 1.54) is 66.2 Å². The van der Waals surface area contributed by atoms with Crippen molar-refractivity contribution in [2.24, 2.45) is 0 Å². The van der Waals surface area contributed by atoms with Gasteiger partial charge in [0.05, 0.1) is 11.6 Å². The highest BCUT2D eigenvalue weighted by Crippen LogP contribution is 2.35. The third kappa shape index (κ3) is 3.18. The van der Waals surface area contributed by atoms with Crippen LogP contribution in [0.4, 0.5) is 0 Å². The van der Waals surface area contributed by atoms with E-state index in [2.05, 4.69) is 35.3 Å². The second-order valence-corrected chi connectivity index (χ2v) is 8.30. The summed E-state index contributed by atoms with van der Waals surface area (Å²) in [4.78, 5) is 3.54. The predicted molar refractivity (Wildman–Crippen MR) is 112 cm³/mol. The molecule has 0 unspecified atom stereocenters. The highest BCUT2D eigenvalue weighted by molar-refractivity contribution is 5.86. The van der Waals surface area contributed by atoms with Crippen molar-refractivity contribution in [2.75, 3.05) is 0 Å². The lowest BCUT2D eigenvalue weighted by Gasteiger charge is -2.23. The fourth-order valence-electron chi connectivity index (χ4n) is 5.04. The van der Waals surface area contributed by atoms with Crippen molar-refractivity contribution in [2.45, 2.75) is 63.9 Å². The molecule has 0 amide bonds. The van der Waals surface area contributed by atoms with Crippen molar-refractivity contribution >= 4 is 10.9 Å². The Morgan fingerprint density at radius 3 is 2.75 bits per heavy atom. The van der Waals surface area contributed by atoms with Gasteiger partial charge in [0, 0.05) is 16.6 Å². The molecule has 0 aliphatic heterocycles. The Hall–Kier alpha value is -2.73. The highest BCUT2D eigenvalue weighted by Gasteiger charge is 2.19. The maximum absolute atomic E-state index is 9.65. The number of aromatic nitrogens is 1. The summed E-state index contributed by atoms with van der Waals surface area (Å²) in [6.45, 7) is 0.498. The number of hydrogen-bond acceptors (Lipinski definition) is 2. The lowest BCUT2D eigenvalue weighted by molar-refractivity contribution is 0.306. The van der Waals surface area contributed by atoms with Gasteiger partial charge < -0.3 is 9.72 Å². The van der Waals surface area contributed by atoms with Crippen LogP contribution in [-0.2, 0) is 19.4 Å². The van der Waals surface area contributed by atoms with Crippen molar-refractivity contribution < 1.29 is 4.74 Å². The van der Waals surface area contributed by atoms with Crippen LogP contribution in [-0.4, -0.2) is 4.98 Å². The molecule has 1 fully saturated rings. The number of aryl methyl sites for hydroxylation is 2. The highest BCUT2D eigenvalue weighted by atomic mass is 16.5. The van der Waals surface area contributed by atoms with E-state index < -0.39 is 0 Å². The smallest absolute Gasteiger partial charge is 0.120 e. The summed E-state index contributed by atoms with van der Waals surface area (Å²) in [7, 11) is 0. The molecule has 1 saturated carbocycles. The lowest BCUT2D eigenvalue weighted by Crippen LogP contribution is -2.07. The van der Waals surface area contributed by atoms with E-state index in [9.17, 15) is 5.26 Å². The summed E-state index contributed by atoms with van der Waals surface area (Å²) in [5, 5.41) is 11.0. The molecule has 3 heteroatoms. The normalized spacial score (nSPS) is 16.8. The molecule has 5 rings (SSSR count). The number of rotatable bonds is 4. The monoisotopic (exact) mass is 370 g/mol. The molecule has 2 aromatic carbocycles. The molecule has 0 bridgehead atoms. The standard InChI is InChI=1S/C25H26N2O/c26-15-19-13-17(9-11-21(19)18-5-2-1-3-6-18)16-28-20-10-12-25-23(14-20)22-7-4-8-24(22)27-25/h9-14,18,27H,1-8,16H2. The third-order valence-corrected chi connectivity index (χ3v) is 6.51. The number of nitrogens with one attached hydrogen (secondary N) is 1. The molecule has 3 nitrogen and oxygen atoms in total. The summed E-state index contributed by atoms with van der Waals surface area (Å²) in [5.74, 6) is 1.45. The van der Waals surface area contributed by atoms with Crippen molar-refractivity contribution in [3.63, 3.8) is 0 Å². The molecule has 142 valence electrons. The van der Waals surface area contributed by atoms with Crippen LogP contribution in [0.15, 0.2) is 36.4 Å². The van der Waals surface area contributed by atoms with E-state index in [-0.39, 0.29) is 0 Å². The first-order valence-corrected chi connectivity index (χ1v) is 10.6. The second-order valence-electron chi connectivity index (χ2n) is 8.30. The Morgan fingerprint density at radius 2 is 1.89 bits per heavy atom. The minimum Gasteiger partial charge on any atom is -0.489 e. The van der Waals surface area contributed by atoms with Crippen LogP contribution in [0.2, 0.25) is 0 Å². The third-order valence-electron chi connectivity index (χ3n) is 6.51. The van der Waals surface area contributed by atoms with Crippen molar-refractivity contribution in [1.82, 2.24) is 4.98 Å². The van der Waals surface area contributed by atoms with E-state index in [1.807, 2.05) is 12.1 Å². The summed E-state index contributed by atoms with van der Waals surface area (Å²) in [6.07, 6.45) is 9.89. The zero-order valence-corrected chi connectivity index (χ0v) is 16.3. The average Bonchev–Trinajstić information content (AvgIpc) is 3.34. The van der Waals surface area contributed by atoms with Crippen molar-refractivity contribution in [1.29, 1.82) is 5.26 Å². The zero-order chi connectivity index (χ0) is 18.9. The molecule has 0 radical (unpaired) electrons. The Kier molecular flexibility index (Phi) is 4.56. The first-order valence-electron chi connectivity index (χ1n) is 10.6. The fraction of sp³-hybridized carbons (Fsp3) is 0.400. The van der Waals surface area contributed by atoms with Crippen LogP contribution in [0.3, 0.4) is 0 Å². The van der Waals surface area contributed by atoms with Gasteiger partial charge in [0.15, 0.2) is 0 Å². The molecule has 0 spiro atoms. The lowest BCUT2D eigenvalue weighted by atomic mass is 9.82. The second kappa shape index (κ2) is 7.36. The molecule has 1 N–H and O–H groups in total. The number of nitrogens with zero attached hydrogens (tertiary/aromatic N) is 1. The van der Waals surface area contributed by atoms with E-state index in [0.717, 1.165) is 29.7 Å². The van der Waals surface area contributed by atoms with Gasteiger partial charge in [-0.25, -0.2) is 0 Å². The van der Waals surface area contributed by atoms with Gasteiger partial charge in [0.25, 0.3) is 0 Å². The minimum atomic E-state index is 0.498. The van der Waals surface area contributed by atoms with Crippen LogP contribution in [0, 0.1) is 11.3 Å². The van der Waals surface area contributed by atoms with E-state index in [0.29, 0.717) is 12.5 Å². The molecule has 1 heterocycles. The Labute approximate surface area is 166 Å². The zero-order valence-electron chi connectivity index (χ0n) is 16.3. The fourth-order valence-corrected chi connectivity index (χ4v) is 5.04. The summed E-state index contributed by atoms with van der Waals surface area (Å²) >= 11 is 0. The van der Waals surface area contributed by atoms with Gasteiger partial charge >= 0.3 is 0 Å². The van der Waals surface area contributed by atoms with Gasteiger partial charge in [-0.05, 0) is 79.0 Å². The summed E-state index contributed by atoms with van der Waals surface area (Å²) in [6, 6.07) is 15.1. The number of H-pyrrole nitrogens is 1. The van der Waals surface area contributed by atoms with E-state index in [1.54, 1.807) is 0 Å². The predicted octanol–water partition coefficient (Wildman–Crippen LogP) is 6.15. The summed E-state index contributed by atoms with van der Waals surface area (Å²) in [5.41, 5.74) is 7.19. The first kappa shape index (κ1) is 17.4. The molecule has 2 aliphatic rings.